The van der Waals surface area contributed by atoms with E-state index in [9.17, 15) is 25.9 Å². The van der Waals surface area contributed by atoms with E-state index in [1.807, 2.05) is 69.3 Å². The third-order valence-electron chi connectivity index (χ3n) is 7.76. The molecule has 0 N–H and O–H groups in total. The molecule has 1 aliphatic rings. The van der Waals surface area contributed by atoms with Gasteiger partial charge in [0, 0.05) is 12.3 Å². The summed E-state index contributed by atoms with van der Waals surface area (Å²) in [4.78, 5) is 1.75. The van der Waals surface area contributed by atoms with Crippen LogP contribution < -0.4 is 14.2 Å². The van der Waals surface area contributed by atoms with Crippen LogP contribution in [0.25, 0.3) is 38.7 Å². The lowest BCUT2D eigenvalue weighted by Crippen LogP contribution is -2.39. The fourth-order valence-corrected chi connectivity index (χ4v) is 6.70. The van der Waals surface area contributed by atoms with Gasteiger partial charge in [0.1, 0.15) is 6.08 Å². The summed E-state index contributed by atoms with van der Waals surface area (Å²) in [5.74, 6) is -0.617. The van der Waals surface area contributed by atoms with E-state index >= 15 is 0 Å². The predicted octanol–water partition coefficient (Wildman–Crippen LogP) is 5.39. The van der Waals surface area contributed by atoms with Crippen LogP contribution in [0.3, 0.4) is 0 Å². The number of aromatic nitrogens is 1. The normalized spacial score (nSPS) is 14.2. The van der Waals surface area contributed by atoms with Crippen molar-refractivity contribution in [3.8, 4) is 5.75 Å². The monoisotopic (exact) mass is 635 g/mol. The predicted molar refractivity (Wildman–Crippen MR) is 168 cm³/mol. The average Bonchev–Trinajstić information content (AvgIpc) is 3.48. The number of ether oxygens (including phenoxy) is 1. The van der Waals surface area contributed by atoms with Gasteiger partial charge in [-0.3, -0.25) is 0 Å². The second kappa shape index (κ2) is 11.7. The van der Waals surface area contributed by atoms with E-state index in [0.717, 1.165) is 32.8 Å². The van der Waals surface area contributed by atoms with Gasteiger partial charge in [-0.2, -0.15) is 0 Å². The van der Waals surface area contributed by atoms with Crippen molar-refractivity contribution in [2.75, 3.05) is 17.2 Å². The highest BCUT2D eigenvalue weighted by Gasteiger charge is 2.33. The van der Waals surface area contributed by atoms with Gasteiger partial charge >= 0.3 is 5.89 Å². The fourth-order valence-electron chi connectivity index (χ4n) is 5.64. The van der Waals surface area contributed by atoms with Gasteiger partial charge in [0.25, 0.3) is 5.52 Å². The van der Waals surface area contributed by atoms with Gasteiger partial charge in [-0.05, 0) is 84.3 Å². The van der Waals surface area contributed by atoms with Crippen LogP contribution in [-0.4, -0.2) is 38.2 Å². The molecule has 2 heterocycles. The molecule has 1 aromatic heterocycles. The van der Waals surface area contributed by atoms with Gasteiger partial charge in [-0.15, -0.1) is 17.7 Å². The summed E-state index contributed by atoms with van der Waals surface area (Å²) in [5.41, 5.74) is 4.45. The standard InChI is InChI=1S/C30H28N2O8S2.C2H4/c1-18-15-26-29(20(3)19(18)2)31(13-6-14-41(33,34)35)27(40-26)16-28-32(17-42(36,37)38)30-24-10-9-21-7-4-5-8-22(21)23(24)11-12-25(30)39-28;1-2/h4-5,7-12,15-16H,6,13-14,17H2,1-3H3,(H-,33,34,35,36,37,38);1-2H2/p-1. The Balaban J connectivity index is 0.00000188. The summed E-state index contributed by atoms with van der Waals surface area (Å²) in [6.45, 7) is 12.0. The lowest BCUT2D eigenvalue weighted by molar-refractivity contribution is -0.658. The molecule has 0 fully saturated rings. The van der Waals surface area contributed by atoms with Crippen molar-refractivity contribution in [3.63, 3.8) is 0 Å². The summed E-state index contributed by atoms with van der Waals surface area (Å²) >= 11 is 0. The Bertz CT molecular complexity index is 2190. The summed E-state index contributed by atoms with van der Waals surface area (Å²) < 4.78 is 84.0. The molecule has 12 heteroatoms. The molecule has 44 heavy (non-hydrogen) atoms. The zero-order chi connectivity index (χ0) is 32.0. The molecule has 4 aromatic carbocycles. The summed E-state index contributed by atoms with van der Waals surface area (Å²) in [6.07, 6.45) is 1.53. The summed E-state index contributed by atoms with van der Waals surface area (Å²) in [5, 5.41) is 3.54. The molecule has 0 spiro atoms. The zero-order valence-corrected chi connectivity index (χ0v) is 26.1. The molecule has 0 saturated heterocycles. The van der Waals surface area contributed by atoms with Crippen LogP contribution >= 0.6 is 0 Å². The maximum Gasteiger partial charge on any atom is 0.380 e. The first-order chi connectivity index (χ1) is 20.8. The molecule has 10 nitrogen and oxygen atoms in total. The van der Waals surface area contributed by atoms with Gasteiger partial charge in [-0.1, -0.05) is 30.3 Å². The molecule has 0 radical (unpaired) electrons. The van der Waals surface area contributed by atoms with Gasteiger partial charge in [-0.25, -0.2) is 16.8 Å². The van der Waals surface area contributed by atoms with Crippen molar-refractivity contribution < 1.29 is 39.7 Å². The van der Waals surface area contributed by atoms with Crippen LogP contribution in [0.15, 0.2) is 78.1 Å². The van der Waals surface area contributed by atoms with Gasteiger partial charge < -0.3 is 23.2 Å². The number of benzene rings is 4. The number of hydrogen-bond acceptors (Lipinski definition) is 9. The van der Waals surface area contributed by atoms with E-state index in [-0.39, 0.29) is 24.7 Å². The molecule has 0 aliphatic carbocycles. The molecule has 0 bridgehead atoms. The van der Waals surface area contributed by atoms with Crippen LogP contribution in [0.5, 0.6) is 5.75 Å². The summed E-state index contributed by atoms with van der Waals surface area (Å²) in [7, 11) is -9.19. The minimum absolute atomic E-state index is 0.0329. The van der Waals surface area contributed by atoms with Crippen LogP contribution in [0.2, 0.25) is 0 Å². The Hall–Kier alpha value is -4.23. The molecule has 230 valence electrons. The Morgan fingerprint density at radius 3 is 2.30 bits per heavy atom. The second-order valence-corrected chi connectivity index (χ2v) is 13.4. The first-order valence-corrected chi connectivity index (χ1v) is 16.9. The topological polar surface area (TPSA) is 144 Å². The highest BCUT2D eigenvalue weighted by molar-refractivity contribution is 7.85. The van der Waals surface area contributed by atoms with E-state index in [1.54, 1.807) is 11.0 Å². The highest BCUT2D eigenvalue weighted by Crippen LogP contribution is 2.44. The van der Waals surface area contributed by atoms with Gasteiger partial charge in [0.2, 0.25) is 17.3 Å². The van der Waals surface area contributed by atoms with E-state index < -0.39 is 31.9 Å². The third-order valence-corrected chi connectivity index (χ3v) is 9.13. The molecule has 0 amide bonds. The molecule has 1 aliphatic heterocycles. The van der Waals surface area contributed by atoms with E-state index in [4.69, 9.17) is 9.15 Å². The lowest BCUT2D eigenvalue weighted by Gasteiger charge is -2.21. The molecule has 0 atom stereocenters. The quantitative estimate of drug-likeness (QED) is 0.0995. The second-order valence-electron chi connectivity index (χ2n) is 10.5. The Morgan fingerprint density at radius 2 is 1.59 bits per heavy atom. The fraction of sp³-hybridized carbons (Fsp3) is 0.219. The molecule has 0 saturated carbocycles. The van der Waals surface area contributed by atoms with Crippen molar-refractivity contribution >= 4 is 64.6 Å². The number of anilines is 1. The number of hydrogen-bond donors (Lipinski definition) is 0. The highest BCUT2D eigenvalue weighted by atomic mass is 32.2. The van der Waals surface area contributed by atoms with Crippen LogP contribution in [-0.2, 0) is 26.1 Å². The van der Waals surface area contributed by atoms with E-state index in [2.05, 4.69) is 13.2 Å². The van der Waals surface area contributed by atoms with Gasteiger partial charge in [0.15, 0.2) is 15.9 Å². The third kappa shape index (κ3) is 5.93. The largest absolute Gasteiger partial charge is 0.748 e. The smallest absolute Gasteiger partial charge is 0.380 e. The van der Waals surface area contributed by atoms with E-state index in [0.29, 0.717) is 27.9 Å². The average molecular weight is 636 g/mol. The minimum atomic E-state index is -4.75. The van der Waals surface area contributed by atoms with E-state index in [1.165, 1.54) is 10.6 Å². The minimum Gasteiger partial charge on any atom is -0.748 e. The molecule has 0 unspecified atom stereocenters. The molecular formula is C32H31N2O8S2-. The number of rotatable bonds is 7. The lowest BCUT2D eigenvalue weighted by atomic mass is 10.0. The Labute approximate surface area is 256 Å². The molecule has 6 rings (SSSR count). The summed E-state index contributed by atoms with van der Waals surface area (Å²) in [6, 6.07) is 17.1. The number of fused-ring (bicyclic) bond motifs is 6. The van der Waals surface area contributed by atoms with Crippen LogP contribution in [0, 0.1) is 20.8 Å². The molecular weight excluding hydrogens is 604 g/mol. The molecule has 5 aromatic rings. The maximum atomic E-state index is 12.1. The van der Waals surface area contributed by atoms with Crippen molar-refractivity contribution in [2.24, 2.45) is 0 Å². The van der Waals surface area contributed by atoms with Crippen molar-refractivity contribution in [1.82, 2.24) is 0 Å². The Kier molecular flexibility index (Phi) is 8.29. The zero-order valence-electron chi connectivity index (χ0n) is 24.5. The SMILES string of the molecule is C=C.Cc1cc2c(c(C)c1C)N(CCCS(=O)(=O)[O-])C(=Cc1oc3ccc4c5ccccc5ccc4c3[n+]1CS(=O)(=O)[O-])O2. The van der Waals surface area contributed by atoms with Crippen molar-refractivity contribution in [1.29, 1.82) is 0 Å². The van der Waals surface area contributed by atoms with Crippen molar-refractivity contribution in [3.05, 3.63) is 96.2 Å². The number of aryl methyl sites for hydroxylation is 1. The first-order valence-electron chi connectivity index (χ1n) is 13.7. The van der Waals surface area contributed by atoms with Crippen molar-refractivity contribution in [2.45, 2.75) is 33.1 Å². The van der Waals surface area contributed by atoms with Crippen LogP contribution in [0.1, 0.15) is 29.0 Å². The van der Waals surface area contributed by atoms with Gasteiger partial charge in [0.05, 0.1) is 21.2 Å². The Morgan fingerprint density at radius 1 is 0.886 bits per heavy atom. The maximum absolute atomic E-state index is 12.1. The number of nitrogens with zero attached hydrogens (tertiary/aromatic N) is 2. The van der Waals surface area contributed by atoms with Crippen LogP contribution in [0.4, 0.5) is 5.69 Å². The first kappa shape index (κ1) is 31.2. The number of oxazole rings is 1.